The van der Waals surface area contributed by atoms with Gasteiger partial charge < -0.3 is 10.0 Å². The smallest absolute Gasteiger partial charge is 0.277 e. The molecule has 6 nitrogen and oxygen atoms in total. The summed E-state index contributed by atoms with van der Waals surface area (Å²) >= 11 is 0. The Bertz CT molecular complexity index is 553. The molecule has 2 N–H and O–H groups in total. The Morgan fingerprint density at radius 3 is 2.85 bits per heavy atom. The Morgan fingerprint density at radius 1 is 1.40 bits per heavy atom. The fourth-order valence-corrected chi connectivity index (χ4v) is 2.66. The van der Waals surface area contributed by atoms with E-state index in [1.165, 1.54) is 0 Å². The lowest BCUT2D eigenvalue weighted by atomic mass is 10.1. The number of carbonyl (C=O) groups excluding carboxylic acids is 1. The molecule has 1 aromatic heterocycles. The number of hydrogen-bond donors (Lipinski definition) is 2. The number of aromatic amines is 1. The first-order valence-electron chi connectivity index (χ1n) is 7.04. The Hall–Kier alpha value is -1.69. The minimum Gasteiger partial charge on any atom is -0.394 e. The van der Waals surface area contributed by atoms with Crippen LogP contribution in [0.2, 0.25) is 0 Å². The van der Waals surface area contributed by atoms with Crippen LogP contribution in [0, 0.1) is 13.8 Å². The van der Waals surface area contributed by atoms with Crippen LogP contribution < -0.4 is 5.56 Å². The summed E-state index contributed by atoms with van der Waals surface area (Å²) in [5, 5.41) is 15.7. The zero-order chi connectivity index (χ0) is 14.7. The standard InChI is InChI=1S/C14H21N3O3/c1-9-10(2)15-16-13(19)12(9)14(20)17-7-5-3-4-6-11(17)8-18/h11,18H,3-8H2,1-2H3,(H,16,19). The van der Waals surface area contributed by atoms with Gasteiger partial charge in [0.15, 0.2) is 0 Å². The van der Waals surface area contributed by atoms with Gasteiger partial charge in [0, 0.05) is 6.54 Å². The van der Waals surface area contributed by atoms with Crippen molar-refractivity contribution in [1.82, 2.24) is 15.1 Å². The van der Waals surface area contributed by atoms with Gasteiger partial charge >= 0.3 is 0 Å². The first kappa shape index (κ1) is 14.7. The SMILES string of the molecule is Cc1n[nH]c(=O)c(C(=O)N2CCCCCC2CO)c1C. The van der Waals surface area contributed by atoms with Crippen molar-refractivity contribution in [2.45, 2.75) is 45.6 Å². The van der Waals surface area contributed by atoms with E-state index in [1.54, 1.807) is 18.7 Å². The molecule has 2 heterocycles. The Kier molecular flexibility index (Phi) is 4.54. The molecule has 0 radical (unpaired) electrons. The van der Waals surface area contributed by atoms with Gasteiger partial charge in [-0.1, -0.05) is 12.8 Å². The van der Waals surface area contributed by atoms with E-state index in [2.05, 4.69) is 10.2 Å². The molecule has 0 saturated carbocycles. The quantitative estimate of drug-likeness (QED) is 0.837. The van der Waals surface area contributed by atoms with Gasteiger partial charge in [-0.05, 0) is 32.3 Å². The van der Waals surface area contributed by atoms with Crippen molar-refractivity contribution in [2.24, 2.45) is 0 Å². The number of aromatic nitrogens is 2. The van der Waals surface area contributed by atoms with E-state index in [-0.39, 0.29) is 24.1 Å². The van der Waals surface area contributed by atoms with Crippen LogP contribution in [0.5, 0.6) is 0 Å². The number of rotatable bonds is 2. The monoisotopic (exact) mass is 279 g/mol. The Labute approximate surface area is 117 Å². The molecular formula is C14H21N3O3. The summed E-state index contributed by atoms with van der Waals surface area (Å²) in [6.45, 7) is 4.02. The summed E-state index contributed by atoms with van der Waals surface area (Å²) in [5.41, 5.74) is 0.944. The van der Waals surface area contributed by atoms with E-state index in [0.29, 0.717) is 17.8 Å². The van der Waals surface area contributed by atoms with E-state index >= 15 is 0 Å². The highest BCUT2D eigenvalue weighted by atomic mass is 16.3. The lowest BCUT2D eigenvalue weighted by molar-refractivity contribution is 0.0597. The van der Waals surface area contributed by atoms with Gasteiger partial charge in [-0.25, -0.2) is 5.10 Å². The molecular weight excluding hydrogens is 258 g/mol. The number of H-pyrrole nitrogens is 1. The van der Waals surface area contributed by atoms with Crippen LogP contribution in [0.1, 0.15) is 47.3 Å². The number of likely N-dealkylation sites (tertiary alicyclic amines) is 1. The summed E-state index contributed by atoms with van der Waals surface area (Å²) in [6, 6.07) is -0.197. The van der Waals surface area contributed by atoms with Gasteiger partial charge in [0.25, 0.3) is 11.5 Å². The summed E-state index contributed by atoms with van der Waals surface area (Å²) in [7, 11) is 0. The molecule has 1 fully saturated rings. The maximum absolute atomic E-state index is 12.7. The van der Waals surface area contributed by atoms with E-state index in [9.17, 15) is 14.7 Å². The minimum atomic E-state index is -0.459. The van der Waals surface area contributed by atoms with Crippen molar-refractivity contribution in [3.63, 3.8) is 0 Å². The maximum Gasteiger partial charge on any atom is 0.277 e. The van der Waals surface area contributed by atoms with E-state index in [1.807, 2.05) is 0 Å². The van der Waals surface area contributed by atoms with Crippen LogP contribution in [0.25, 0.3) is 0 Å². The van der Waals surface area contributed by atoms with Crippen molar-refractivity contribution in [3.05, 3.63) is 27.2 Å². The lowest BCUT2D eigenvalue weighted by Gasteiger charge is -2.28. The second kappa shape index (κ2) is 6.17. The molecule has 0 spiro atoms. The number of nitrogens with zero attached hydrogens (tertiary/aromatic N) is 2. The highest BCUT2D eigenvalue weighted by molar-refractivity contribution is 5.95. The minimum absolute atomic E-state index is 0.0627. The van der Waals surface area contributed by atoms with Crippen LogP contribution >= 0.6 is 0 Å². The third-order valence-corrected chi connectivity index (χ3v) is 4.03. The molecule has 1 aromatic rings. The van der Waals surface area contributed by atoms with Gasteiger partial charge in [-0.3, -0.25) is 9.59 Å². The zero-order valence-electron chi connectivity index (χ0n) is 12.0. The number of aliphatic hydroxyl groups is 1. The average Bonchev–Trinajstić information content (AvgIpc) is 2.68. The predicted octanol–water partition coefficient (Wildman–Crippen LogP) is 0.764. The molecule has 110 valence electrons. The summed E-state index contributed by atoms with van der Waals surface area (Å²) in [6.07, 6.45) is 3.73. The second-order valence-corrected chi connectivity index (χ2v) is 5.32. The lowest BCUT2D eigenvalue weighted by Crippen LogP contribution is -2.44. The molecule has 0 bridgehead atoms. The number of aryl methyl sites for hydroxylation is 1. The van der Waals surface area contributed by atoms with Gasteiger partial charge in [-0.15, -0.1) is 0 Å². The molecule has 0 aliphatic carbocycles. The van der Waals surface area contributed by atoms with Crippen molar-refractivity contribution in [3.8, 4) is 0 Å². The summed E-state index contributed by atoms with van der Waals surface area (Å²) in [5.74, 6) is -0.296. The fourth-order valence-electron chi connectivity index (χ4n) is 2.66. The normalized spacial score (nSPS) is 19.8. The Morgan fingerprint density at radius 2 is 2.15 bits per heavy atom. The molecule has 1 unspecified atom stereocenters. The predicted molar refractivity (Wildman–Crippen MR) is 74.7 cm³/mol. The molecule has 1 saturated heterocycles. The highest BCUT2D eigenvalue weighted by Crippen LogP contribution is 2.19. The van der Waals surface area contributed by atoms with Gasteiger partial charge in [-0.2, -0.15) is 5.10 Å². The first-order chi connectivity index (χ1) is 9.56. The van der Waals surface area contributed by atoms with Crippen LogP contribution in [0.15, 0.2) is 4.79 Å². The summed E-state index contributed by atoms with van der Waals surface area (Å²) in [4.78, 5) is 26.3. The molecule has 20 heavy (non-hydrogen) atoms. The number of hydrogen-bond acceptors (Lipinski definition) is 4. The van der Waals surface area contributed by atoms with Gasteiger partial charge in [0.1, 0.15) is 5.56 Å². The molecule has 0 aromatic carbocycles. The van der Waals surface area contributed by atoms with Gasteiger partial charge in [0.05, 0.1) is 18.3 Å². The van der Waals surface area contributed by atoms with Crippen LogP contribution in [0.3, 0.4) is 0 Å². The van der Waals surface area contributed by atoms with E-state index in [4.69, 9.17) is 0 Å². The first-order valence-corrected chi connectivity index (χ1v) is 7.04. The molecule has 1 aliphatic heterocycles. The largest absolute Gasteiger partial charge is 0.394 e. The highest BCUT2D eigenvalue weighted by Gasteiger charge is 2.28. The van der Waals surface area contributed by atoms with Crippen LogP contribution in [-0.4, -0.2) is 45.3 Å². The third kappa shape index (κ3) is 2.75. The Balaban J connectivity index is 2.39. The third-order valence-electron chi connectivity index (χ3n) is 4.03. The van der Waals surface area contributed by atoms with Gasteiger partial charge in [0.2, 0.25) is 0 Å². The summed E-state index contributed by atoms with van der Waals surface area (Å²) < 4.78 is 0. The number of aliphatic hydroxyl groups excluding tert-OH is 1. The number of amides is 1. The van der Waals surface area contributed by atoms with Crippen LogP contribution in [-0.2, 0) is 0 Å². The van der Waals surface area contributed by atoms with Crippen molar-refractivity contribution in [1.29, 1.82) is 0 Å². The van der Waals surface area contributed by atoms with Crippen LogP contribution in [0.4, 0.5) is 0 Å². The zero-order valence-corrected chi connectivity index (χ0v) is 12.0. The fraction of sp³-hybridized carbons (Fsp3) is 0.643. The van der Waals surface area contributed by atoms with Crippen molar-refractivity contribution in [2.75, 3.05) is 13.2 Å². The van der Waals surface area contributed by atoms with E-state index in [0.717, 1.165) is 25.7 Å². The molecule has 2 rings (SSSR count). The maximum atomic E-state index is 12.7. The van der Waals surface area contributed by atoms with Crippen molar-refractivity contribution < 1.29 is 9.90 Å². The second-order valence-electron chi connectivity index (χ2n) is 5.32. The average molecular weight is 279 g/mol. The topological polar surface area (TPSA) is 86.3 Å². The molecule has 1 amide bonds. The number of carbonyl (C=O) groups is 1. The molecule has 6 heteroatoms. The van der Waals surface area contributed by atoms with E-state index < -0.39 is 5.56 Å². The molecule has 1 aliphatic rings. The van der Waals surface area contributed by atoms with Crippen molar-refractivity contribution >= 4 is 5.91 Å². The number of nitrogens with one attached hydrogen (secondary N) is 1. The molecule has 1 atom stereocenters.